The lowest BCUT2D eigenvalue weighted by Gasteiger charge is -2.07. The van der Waals surface area contributed by atoms with Gasteiger partial charge in [-0.05, 0) is 6.07 Å². The second-order valence-electron chi connectivity index (χ2n) is 1.55. The Morgan fingerprint density at radius 3 is 2.33 bits per heavy atom. The largest absolute Gasteiger partial charge is 0.778 e. The van der Waals surface area contributed by atoms with Gasteiger partial charge >= 0.3 is 0 Å². The van der Waals surface area contributed by atoms with Gasteiger partial charge in [0.15, 0.2) is 0 Å². The van der Waals surface area contributed by atoms with Gasteiger partial charge in [-0.3, -0.25) is 0 Å². The molecular weight excluding hydrogens is 175 g/mol. The van der Waals surface area contributed by atoms with E-state index in [1.807, 2.05) is 0 Å². The molecule has 48 valence electrons. The predicted octanol–water partition coefficient (Wildman–Crippen LogP) is 2.90. The summed E-state index contributed by atoms with van der Waals surface area (Å²) in [5.41, 5.74) is 0. The molecule has 0 aliphatic rings. The molecule has 0 saturated heterocycles. The van der Waals surface area contributed by atoms with Gasteiger partial charge in [-0.2, -0.15) is 4.90 Å². The van der Waals surface area contributed by atoms with Crippen molar-refractivity contribution in [1.82, 2.24) is 0 Å². The maximum absolute atomic E-state index is 5.64. The van der Waals surface area contributed by atoms with Crippen molar-refractivity contribution in [3.8, 4) is 0 Å². The van der Waals surface area contributed by atoms with Crippen LogP contribution in [0, 0.1) is 0 Å². The number of hydrogen-bond acceptors (Lipinski definition) is 1. The van der Waals surface area contributed by atoms with E-state index in [0.717, 1.165) is 0 Å². The molecule has 0 amide bonds. The summed E-state index contributed by atoms with van der Waals surface area (Å²) in [6.45, 7) is 0. The Kier molecular flexibility index (Phi) is 2.17. The van der Waals surface area contributed by atoms with Gasteiger partial charge in [0.05, 0.1) is 5.02 Å². The molecule has 0 fully saturated rings. The van der Waals surface area contributed by atoms with Crippen LogP contribution in [0.5, 0.6) is 0 Å². The first-order chi connectivity index (χ1) is 4.22. The zero-order chi connectivity index (χ0) is 6.85. The van der Waals surface area contributed by atoms with E-state index >= 15 is 0 Å². The number of hydrogen-bond donors (Lipinski definition) is 0. The van der Waals surface area contributed by atoms with Crippen LogP contribution in [0.2, 0.25) is 10.0 Å². The van der Waals surface area contributed by atoms with Crippen molar-refractivity contribution >= 4 is 35.8 Å². The molecule has 1 rings (SSSR count). The first-order valence-corrected chi connectivity index (χ1v) is 3.49. The monoisotopic (exact) mass is 177 g/mol. The summed E-state index contributed by atoms with van der Waals surface area (Å²) in [6.07, 6.45) is 0. The highest BCUT2D eigenvalue weighted by molar-refractivity contribution is 7.59. The molecule has 0 unspecified atom stereocenters. The Morgan fingerprint density at radius 2 is 1.89 bits per heavy atom. The summed E-state index contributed by atoms with van der Waals surface area (Å²) >= 11 is 16.1. The quantitative estimate of drug-likeness (QED) is 0.550. The van der Waals surface area contributed by atoms with Gasteiger partial charge in [-0.1, -0.05) is 35.3 Å². The predicted molar refractivity (Wildman–Crippen MR) is 42.1 cm³/mol. The Labute approximate surface area is 69.2 Å². The average molecular weight is 178 g/mol. The Bertz CT molecular complexity index is 202. The zero-order valence-electron chi connectivity index (χ0n) is 4.40. The maximum Gasteiger partial charge on any atom is 0.0576 e. The minimum absolute atomic E-state index is 0.467. The van der Waals surface area contributed by atoms with E-state index in [4.69, 9.17) is 35.8 Å². The van der Waals surface area contributed by atoms with Gasteiger partial charge in [-0.15, -0.1) is 0 Å². The van der Waals surface area contributed by atoms with E-state index < -0.39 is 0 Å². The van der Waals surface area contributed by atoms with E-state index in [-0.39, 0.29) is 0 Å². The van der Waals surface area contributed by atoms with Crippen LogP contribution in [0.1, 0.15) is 0 Å². The van der Waals surface area contributed by atoms with E-state index in [1.54, 1.807) is 18.2 Å². The van der Waals surface area contributed by atoms with Crippen LogP contribution in [0.25, 0.3) is 0 Å². The van der Waals surface area contributed by atoms with E-state index in [1.165, 1.54) is 0 Å². The molecule has 0 aliphatic heterocycles. The van der Waals surface area contributed by atoms with Crippen LogP contribution in [0.4, 0.5) is 0 Å². The van der Waals surface area contributed by atoms with Gasteiger partial charge in [-0.25, -0.2) is 0 Å². The van der Waals surface area contributed by atoms with Crippen LogP contribution in [-0.4, -0.2) is 0 Å². The molecule has 0 saturated carbocycles. The van der Waals surface area contributed by atoms with Crippen LogP contribution in [-0.2, 0) is 12.6 Å². The third kappa shape index (κ3) is 1.48. The lowest BCUT2D eigenvalue weighted by atomic mass is 10.4. The Morgan fingerprint density at radius 1 is 1.22 bits per heavy atom. The van der Waals surface area contributed by atoms with Crippen LogP contribution >= 0.6 is 23.2 Å². The van der Waals surface area contributed by atoms with Crippen molar-refractivity contribution in [2.45, 2.75) is 4.90 Å². The topological polar surface area (TPSA) is 0 Å². The summed E-state index contributed by atoms with van der Waals surface area (Å²) in [5.74, 6) is 0. The fourth-order valence-corrected chi connectivity index (χ4v) is 1.03. The summed E-state index contributed by atoms with van der Waals surface area (Å²) in [7, 11) is 0. The molecule has 0 bridgehead atoms. The minimum atomic E-state index is 0.467. The van der Waals surface area contributed by atoms with Crippen molar-refractivity contribution in [2.24, 2.45) is 0 Å². The fourth-order valence-electron chi connectivity index (χ4n) is 0.484. The van der Waals surface area contributed by atoms with Gasteiger partial charge in [0.2, 0.25) is 0 Å². The van der Waals surface area contributed by atoms with Gasteiger partial charge in [0.25, 0.3) is 0 Å². The normalized spacial score (nSPS) is 9.56. The fraction of sp³-hybridized carbons (Fsp3) is 0. The van der Waals surface area contributed by atoms with Crippen molar-refractivity contribution in [2.75, 3.05) is 0 Å². The molecular formula is C6H3Cl2S-. The third-order valence-corrected chi connectivity index (χ3v) is 2.19. The zero-order valence-corrected chi connectivity index (χ0v) is 6.72. The van der Waals surface area contributed by atoms with Crippen molar-refractivity contribution < 1.29 is 0 Å². The van der Waals surface area contributed by atoms with Gasteiger partial charge in [0.1, 0.15) is 0 Å². The van der Waals surface area contributed by atoms with Crippen LogP contribution < -0.4 is 0 Å². The summed E-state index contributed by atoms with van der Waals surface area (Å²) in [5, 5.41) is 0.985. The van der Waals surface area contributed by atoms with Crippen molar-refractivity contribution in [3.63, 3.8) is 0 Å². The summed E-state index contributed by atoms with van der Waals surface area (Å²) in [6, 6.07) is 5.22. The van der Waals surface area contributed by atoms with Crippen LogP contribution in [0.15, 0.2) is 23.1 Å². The maximum atomic E-state index is 5.64. The molecule has 0 radical (unpaired) electrons. The highest BCUT2D eigenvalue weighted by Gasteiger charge is 1.91. The second kappa shape index (κ2) is 2.74. The third-order valence-electron chi connectivity index (χ3n) is 0.916. The minimum Gasteiger partial charge on any atom is -0.778 e. The molecule has 0 atom stereocenters. The van der Waals surface area contributed by atoms with Crippen LogP contribution in [0.3, 0.4) is 0 Å². The SMILES string of the molecule is [S-]c1cccc(Cl)c1Cl. The molecule has 0 aliphatic carbocycles. The van der Waals surface area contributed by atoms with Gasteiger partial charge in [0, 0.05) is 5.02 Å². The molecule has 0 aromatic heterocycles. The lowest BCUT2D eigenvalue weighted by Crippen LogP contribution is -1.72. The first-order valence-electron chi connectivity index (χ1n) is 2.33. The standard InChI is InChI=1S/C6H4Cl2S/c7-4-2-1-3-5(9)6(4)8/h1-3,9H/p-1. The molecule has 0 N–H and O–H groups in total. The van der Waals surface area contributed by atoms with Crippen molar-refractivity contribution in [3.05, 3.63) is 28.2 Å². The molecule has 3 heteroatoms. The Balaban J connectivity index is 3.25. The first kappa shape index (κ1) is 7.13. The molecule has 0 spiro atoms. The molecule has 0 nitrogen and oxygen atoms in total. The van der Waals surface area contributed by atoms with E-state index in [2.05, 4.69) is 0 Å². The number of benzene rings is 1. The van der Waals surface area contributed by atoms with E-state index in [0.29, 0.717) is 14.9 Å². The second-order valence-corrected chi connectivity index (χ2v) is 2.78. The summed E-state index contributed by atoms with van der Waals surface area (Å²) < 4.78 is 0. The molecule has 0 heterocycles. The average Bonchev–Trinajstić information content (AvgIpc) is 1.83. The number of rotatable bonds is 0. The van der Waals surface area contributed by atoms with Gasteiger partial charge < -0.3 is 12.6 Å². The van der Waals surface area contributed by atoms with E-state index in [9.17, 15) is 0 Å². The highest BCUT2D eigenvalue weighted by atomic mass is 35.5. The molecule has 9 heavy (non-hydrogen) atoms. The van der Waals surface area contributed by atoms with Crippen molar-refractivity contribution in [1.29, 1.82) is 0 Å². The smallest absolute Gasteiger partial charge is 0.0576 e. The highest BCUT2D eigenvalue weighted by Crippen LogP contribution is 2.24. The lowest BCUT2D eigenvalue weighted by molar-refractivity contribution is 1.47. The number of halogens is 2. The molecule has 1 aromatic rings. The Hall–Kier alpha value is 0.0200. The summed E-state index contributed by atoms with van der Waals surface area (Å²) in [4.78, 5) is 0.601. The molecule has 1 aromatic carbocycles.